The van der Waals surface area contributed by atoms with Crippen LogP contribution in [-0.2, 0) is 11.2 Å². The lowest BCUT2D eigenvalue weighted by Gasteiger charge is -2.14. The van der Waals surface area contributed by atoms with Gasteiger partial charge in [0.15, 0.2) is 11.0 Å². The second-order valence-electron chi connectivity index (χ2n) is 5.57. The molecular weight excluding hydrogens is 356 g/mol. The summed E-state index contributed by atoms with van der Waals surface area (Å²) in [6, 6.07) is 5.30. The van der Waals surface area contributed by atoms with Crippen LogP contribution in [0.5, 0.6) is 11.5 Å². The molecule has 0 spiro atoms. The topological polar surface area (TPSA) is 85.4 Å². The molecule has 0 aliphatic heterocycles. The highest BCUT2D eigenvalue weighted by molar-refractivity contribution is 6.33. The van der Waals surface area contributed by atoms with Crippen molar-refractivity contribution in [1.82, 2.24) is 9.97 Å². The molecule has 1 amide bonds. The van der Waals surface area contributed by atoms with Gasteiger partial charge in [0.1, 0.15) is 23.5 Å². The van der Waals surface area contributed by atoms with E-state index in [0.717, 1.165) is 19.4 Å². The highest BCUT2D eigenvalue weighted by Crippen LogP contribution is 2.28. The second-order valence-corrected chi connectivity index (χ2v) is 5.93. The van der Waals surface area contributed by atoms with Crippen LogP contribution in [0.1, 0.15) is 25.3 Å². The van der Waals surface area contributed by atoms with Crippen LogP contribution in [0.15, 0.2) is 24.5 Å². The van der Waals surface area contributed by atoms with Crippen LogP contribution >= 0.6 is 11.6 Å². The van der Waals surface area contributed by atoms with Gasteiger partial charge in [-0.25, -0.2) is 9.97 Å². The molecule has 140 valence electrons. The van der Waals surface area contributed by atoms with Crippen molar-refractivity contribution in [2.75, 3.05) is 31.4 Å². The van der Waals surface area contributed by atoms with E-state index in [9.17, 15) is 4.79 Å². The van der Waals surface area contributed by atoms with Crippen LogP contribution in [-0.4, -0.2) is 36.6 Å². The summed E-state index contributed by atoms with van der Waals surface area (Å²) in [5.41, 5.74) is 1.08. The summed E-state index contributed by atoms with van der Waals surface area (Å²) < 4.78 is 10.5. The molecule has 0 fully saturated rings. The highest BCUT2D eigenvalue weighted by atomic mass is 35.5. The molecular formula is C18H23ClN4O3. The summed E-state index contributed by atoms with van der Waals surface area (Å²) in [6.45, 7) is 2.83. The third kappa shape index (κ3) is 5.23. The van der Waals surface area contributed by atoms with E-state index in [1.54, 1.807) is 32.4 Å². The number of hydrogen-bond donors (Lipinski definition) is 2. The van der Waals surface area contributed by atoms with Gasteiger partial charge in [0, 0.05) is 12.1 Å². The van der Waals surface area contributed by atoms with Crippen molar-refractivity contribution in [2.24, 2.45) is 0 Å². The van der Waals surface area contributed by atoms with Crippen molar-refractivity contribution in [2.45, 2.75) is 26.2 Å². The fraction of sp³-hybridized carbons (Fsp3) is 0.389. The van der Waals surface area contributed by atoms with Crippen molar-refractivity contribution in [1.29, 1.82) is 0 Å². The van der Waals surface area contributed by atoms with Gasteiger partial charge in [0.25, 0.3) is 0 Å². The number of carbonyl (C=O) groups is 1. The molecule has 2 aromatic rings. The molecule has 2 N–H and O–H groups in total. The van der Waals surface area contributed by atoms with Gasteiger partial charge in [-0.05, 0) is 24.6 Å². The number of anilines is 2. The minimum absolute atomic E-state index is 0.0972. The Morgan fingerprint density at radius 1 is 1.23 bits per heavy atom. The van der Waals surface area contributed by atoms with Crippen LogP contribution in [0.2, 0.25) is 5.15 Å². The molecule has 0 aliphatic carbocycles. The first-order chi connectivity index (χ1) is 12.6. The number of amides is 1. The van der Waals surface area contributed by atoms with Crippen LogP contribution in [0, 0.1) is 0 Å². The lowest BCUT2D eigenvalue weighted by Crippen LogP contribution is -2.18. The van der Waals surface area contributed by atoms with Gasteiger partial charge in [0.05, 0.1) is 20.6 Å². The van der Waals surface area contributed by atoms with E-state index in [0.29, 0.717) is 28.6 Å². The van der Waals surface area contributed by atoms with Gasteiger partial charge < -0.3 is 20.1 Å². The van der Waals surface area contributed by atoms with Crippen molar-refractivity contribution >= 4 is 29.0 Å². The van der Waals surface area contributed by atoms with Crippen molar-refractivity contribution in [3.8, 4) is 11.5 Å². The number of benzene rings is 1. The van der Waals surface area contributed by atoms with Crippen LogP contribution in [0.3, 0.4) is 0 Å². The number of rotatable bonds is 9. The van der Waals surface area contributed by atoms with E-state index in [1.807, 2.05) is 0 Å². The summed E-state index contributed by atoms with van der Waals surface area (Å²) in [5, 5.41) is 6.14. The van der Waals surface area contributed by atoms with Crippen molar-refractivity contribution < 1.29 is 14.3 Å². The zero-order valence-electron chi connectivity index (χ0n) is 15.1. The number of methoxy groups -OCH3 is 2. The van der Waals surface area contributed by atoms with E-state index in [2.05, 4.69) is 27.5 Å². The van der Waals surface area contributed by atoms with E-state index in [1.165, 1.54) is 6.33 Å². The number of nitrogens with zero attached hydrogens (tertiary/aromatic N) is 2. The number of halogens is 1. The maximum absolute atomic E-state index is 12.5. The maximum atomic E-state index is 12.5. The first kappa shape index (κ1) is 19.8. The quantitative estimate of drug-likeness (QED) is 0.512. The van der Waals surface area contributed by atoms with Crippen molar-refractivity contribution in [3.05, 3.63) is 35.2 Å². The third-order valence-corrected chi connectivity index (χ3v) is 4.01. The Hall–Kier alpha value is -2.54. The molecule has 8 heteroatoms. The number of unbranched alkanes of at least 4 members (excludes halogenated alkanes) is 1. The Morgan fingerprint density at radius 2 is 2.04 bits per heavy atom. The molecule has 0 radical (unpaired) electrons. The molecule has 26 heavy (non-hydrogen) atoms. The molecule has 0 aliphatic rings. The molecule has 1 heterocycles. The number of hydrogen-bond acceptors (Lipinski definition) is 6. The van der Waals surface area contributed by atoms with Gasteiger partial charge in [-0.1, -0.05) is 24.9 Å². The molecule has 0 atom stereocenters. The Balaban J connectivity index is 2.15. The number of aromatic nitrogens is 2. The third-order valence-electron chi connectivity index (χ3n) is 3.73. The monoisotopic (exact) mass is 378 g/mol. The Labute approximate surface area is 158 Å². The fourth-order valence-electron chi connectivity index (χ4n) is 2.37. The number of ether oxygens (including phenoxy) is 2. The first-order valence-electron chi connectivity index (χ1n) is 8.34. The lowest BCUT2D eigenvalue weighted by molar-refractivity contribution is -0.115. The first-order valence-corrected chi connectivity index (χ1v) is 8.72. The van der Waals surface area contributed by atoms with E-state index < -0.39 is 0 Å². The minimum Gasteiger partial charge on any atom is -0.497 e. The molecule has 1 aromatic heterocycles. The summed E-state index contributed by atoms with van der Waals surface area (Å²) in [4.78, 5) is 20.6. The summed E-state index contributed by atoms with van der Waals surface area (Å²) in [5.74, 6) is 1.51. The molecule has 2 rings (SSSR count). The second kappa shape index (κ2) is 9.82. The minimum atomic E-state index is -0.258. The van der Waals surface area contributed by atoms with E-state index >= 15 is 0 Å². The average Bonchev–Trinajstić information content (AvgIpc) is 2.64. The Kier molecular flexibility index (Phi) is 7.47. The Morgan fingerprint density at radius 3 is 2.73 bits per heavy atom. The van der Waals surface area contributed by atoms with Gasteiger partial charge >= 0.3 is 0 Å². The predicted molar refractivity (Wildman–Crippen MR) is 102 cm³/mol. The van der Waals surface area contributed by atoms with Crippen molar-refractivity contribution in [3.63, 3.8) is 0 Å². The predicted octanol–water partition coefficient (Wildman–Crippen LogP) is 3.54. The van der Waals surface area contributed by atoms with Gasteiger partial charge in [-0.3, -0.25) is 4.79 Å². The smallest absolute Gasteiger partial charge is 0.229 e. The van der Waals surface area contributed by atoms with Gasteiger partial charge in [-0.15, -0.1) is 0 Å². The molecule has 0 bridgehead atoms. The lowest BCUT2D eigenvalue weighted by atomic mass is 10.1. The van der Waals surface area contributed by atoms with Gasteiger partial charge in [-0.2, -0.15) is 0 Å². The fourth-order valence-corrected chi connectivity index (χ4v) is 2.55. The average molecular weight is 379 g/mol. The zero-order chi connectivity index (χ0) is 18.9. The SMILES string of the molecule is CCCCNc1ncnc(Cl)c1NC(=O)Cc1cc(OC)ccc1OC. The maximum Gasteiger partial charge on any atom is 0.229 e. The summed E-state index contributed by atoms with van der Waals surface area (Å²) in [6.07, 6.45) is 3.48. The zero-order valence-corrected chi connectivity index (χ0v) is 15.9. The van der Waals surface area contributed by atoms with Crippen LogP contribution in [0.25, 0.3) is 0 Å². The molecule has 0 saturated heterocycles. The van der Waals surface area contributed by atoms with E-state index in [-0.39, 0.29) is 17.5 Å². The van der Waals surface area contributed by atoms with E-state index in [4.69, 9.17) is 21.1 Å². The molecule has 7 nitrogen and oxygen atoms in total. The largest absolute Gasteiger partial charge is 0.497 e. The van der Waals surface area contributed by atoms with Crippen LogP contribution < -0.4 is 20.1 Å². The number of carbonyl (C=O) groups excluding carboxylic acids is 1. The molecule has 1 aromatic carbocycles. The highest BCUT2D eigenvalue weighted by Gasteiger charge is 2.15. The van der Waals surface area contributed by atoms with Gasteiger partial charge in [0.2, 0.25) is 5.91 Å². The van der Waals surface area contributed by atoms with Crippen LogP contribution in [0.4, 0.5) is 11.5 Å². The number of nitrogens with one attached hydrogen (secondary N) is 2. The molecule has 0 unspecified atom stereocenters. The summed E-state index contributed by atoms with van der Waals surface area (Å²) >= 11 is 6.14. The summed E-state index contributed by atoms with van der Waals surface area (Å²) in [7, 11) is 3.13. The normalized spacial score (nSPS) is 10.3. The Bertz CT molecular complexity index is 755. The standard InChI is InChI=1S/C18H23ClN4O3/c1-4-5-8-20-18-16(17(19)21-11-22-18)23-15(24)10-12-9-13(25-2)6-7-14(12)26-3/h6-7,9,11H,4-5,8,10H2,1-3H3,(H,23,24)(H,20,21,22). The molecule has 0 saturated carbocycles.